The first-order valence-corrected chi connectivity index (χ1v) is 10.1. The molecule has 0 amide bonds. The molecule has 3 rings (SSSR count). The van der Waals surface area contributed by atoms with Gasteiger partial charge >= 0.3 is 0 Å². The number of benzene rings is 1. The molecular formula is C25H35N2O2Pt+. The van der Waals surface area contributed by atoms with Gasteiger partial charge in [0.1, 0.15) is 5.76 Å². The van der Waals surface area contributed by atoms with Crippen molar-refractivity contribution >= 4 is 11.5 Å². The van der Waals surface area contributed by atoms with E-state index in [-0.39, 0.29) is 38.0 Å². The van der Waals surface area contributed by atoms with Gasteiger partial charge in [0.25, 0.3) is 0 Å². The Morgan fingerprint density at radius 3 is 2.17 bits per heavy atom. The van der Waals surface area contributed by atoms with E-state index < -0.39 is 5.41 Å². The van der Waals surface area contributed by atoms with Crippen LogP contribution in [0.5, 0.6) is 0 Å². The number of aliphatic hydroxyl groups excluding tert-OH is 1. The molecule has 0 saturated heterocycles. The van der Waals surface area contributed by atoms with E-state index in [1.165, 1.54) is 28.6 Å². The standard InChI is InChI=1S/C14H15N2.C11H20O2.Pt/c1-15(2)12-7-8-16-10-11-5-3-4-6-13(11)14(16)9-12;1-10(2,3)8(12)7-9(13)11(4,5)6;/h3-9H,10H2,1-2H3;7,12H,1-6H3;/q+1;;/b;8-7-;. The first kappa shape index (κ1) is 26.1. The molecule has 2 heterocycles. The van der Waals surface area contributed by atoms with Gasteiger partial charge in [-0.05, 0) is 6.07 Å². The van der Waals surface area contributed by atoms with Gasteiger partial charge in [-0.1, -0.05) is 59.7 Å². The van der Waals surface area contributed by atoms with Crippen LogP contribution in [0.15, 0.2) is 54.4 Å². The summed E-state index contributed by atoms with van der Waals surface area (Å²) in [4.78, 5) is 13.6. The van der Waals surface area contributed by atoms with Crippen LogP contribution in [0.1, 0.15) is 47.1 Å². The number of aromatic nitrogens is 1. The average Bonchev–Trinajstić information content (AvgIpc) is 2.98. The van der Waals surface area contributed by atoms with E-state index in [0.717, 1.165) is 6.54 Å². The second kappa shape index (κ2) is 9.92. The van der Waals surface area contributed by atoms with Crippen LogP contribution >= 0.6 is 0 Å². The van der Waals surface area contributed by atoms with E-state index in [2.05, 4.69) is 66.2 Å². The van der Waals surface area contributed by atoms with Crippen molar-refractivity contribution in [3.8, 4) is 11.3 Å². The SMILES string of the molecule is CC(C)(C)C(=O)/C=C(\O)C(C)(C)C.CN(C)c1cc[n+]2c(c1)-c1ccccc1C2.[Pt]. The number of hydrogen-bond donors (Lipinski definition) is 1. The number of ketones is 1. The van der Waals surface area contributed by atoms with Crippen LogP contribution < -0.4 is 9.47 Å². The molecule has 1 aliphatic heterocycles. The minimum Gasteiger partial charge on any atom is -0.512 e. The summed E-state index contributed by atoms with van der Waals surface area (Å²) in [7, 11) is 4.15. The van der Waals surface area contributed by atoms with Crippen LogP contribution in [-0.2, 0) is 32.4 Å². The zero-order valence-electron chi connectivity index (χ0n) is 19.4. The first-order chi connectivity index (χ1) is 13.3. The van der Waals surface area contributed by atoms with Gasteiger partial charge in [-0.15, -0.1) is 0 Å². The number of hydrogen-bond acceptors (Lipinski definition) is 3. The summed E-state index contributed by atoms with van der Waals surface area (Å²) in [5.74, 6) is 0.104. The summed E-state index contributed by atoms with van der Waals surface area (Å²) >= 11 is 0. The number of nitrogens with zero attached hydrogens (tertiary/aromatic N) is 2. The van der Waals surface area contributed by atoms with Gasteiger partial charge in [0, 0.05) is 75.5 Å². The van der Waals surface area contributed by atoms with Crippen LogP contribution in [0.3, 0.4) is 0 Å². The van der Waals surface area contributed by atoms with Gasteiger partial charge in [0.2, 0.25) is 5.69 Å². The van der Waals surface area contributed by atoms with Crippen molar-refractivity contribution in [3.05, 3.63) is 60.0 Å². The van der Waals surface area contributed by atoms with Crippen molar-refractivity contribution < 1.29 is 35.5 Å². The summed E-state index contributed by atoms with van der Waals surface area (Å²) in [6.07, 6.45) is 3.50. The smallest absolute Gasteiger partial charge is 0.215 e. The zero-order chi connectivity index (χ0) is 22.0. The maximum absolute atomic E-state index is 11.5. The molecule has 4 nitrogen and oxygen atoms in total. The zero-order valence-corrected chi connectivity index (χ0v) is 21.7. The average molecular weight is 591 g/mol. The van der Waals surface area contributed by atoms with Crippen molar-refractivity contribution in [2.45, 2.75) is 48.1 Å². The van der Waals surface area contributed by atoms with Crippen LogP contribution in [0, 0.1) is 10.8 Å². The van der Waals surface area contributed by atoms with Crippen molar-refractivity contribution in [1.82, 2.24) is 0 Å². The van der Waals surface area contributed by atoms with Gasteiger partial charge in [0.15, 0.2) is 18.5 Å². The predicted molar refractivity (Wildman–Crippen MR) is 120 cm³/mol. The minimum absolute atomic E-state index is 0. The molecule has 0 bridgehead atoms. The number of pyridine rings is 1. The molecule has 0 saturated carbocycles. The Hall–Kier alpha value is -1.93. The summed E-state index contributed by atoms with van der Waals surface area (Å²) in [5, 5.41) is 9.56. The number of rotatable bonds is 2. The number of anilines is 1. The Bertz CT molecular complexity index is 919. The largest absolute Gasteiger partial charge is 0.512 e. The molecule has 1 aromatic heterocycles. The Morgan fingerprint density at radius 2 is 1.63 bits per heavy atom. The van der Waals surface area contributed by atoms with Crippen molar-refractivity contribution in [1.29, 1.82) is 0 Å². The molecule has 0 atom stereocenters. The maximum atomic E-state index is 11.5. The van der Waals surface area contributed by atoms with Crippen LogP contribution in [0.2, 0.25) is 0 Å². The third-order valence-corrected chi connectivity index (χ3v) is 4.95. The van der Waals surface area contributed by atoms with Gasteiger partial charge < -0.3 is 10.0 Å². The fourth-order valence-corrected chi connectivity index (χ4v) is 2.82. The van der Waals surface area contributed by atoms with E-state index in [1.807, 2.05) is 41.5 Å². The molecule has 0 spiro atoms. The van der Waals surface area contributed by atoms with E-state index >= 15 is 0 Å². The van der Waals surface area contributed by atoms with Crippen molar-refractivity contribution in [2.24, 2.45) is 10.8 Å². The van der Waals surface area contributed by atoms with E-state index in [4.69, 9.17) is 0 Å². The Balaban J connectivity index is 0.000000299. The van der Waals surface area contributed by atoms with Gasteiger partial charge in [0.05, 0.1) is 5.56 Å². The maximum Gasteiger partial charge on any atom is 0.215 e. The van der Waals surface area contributed by atoms with Crippen LogP contribution in [0.25, 0.3) is 11.3 Å². The molecule has 30 heavy (non-hydrogen) atoms. The molecule has 1 aliphatic rings. The molecule has 166 valence electrons. The predicted octanol–water partition coefficient (Wildman–Crippen LogP) is 5.16. The van der Waals surface area contributed by atoms with Crippen molar-refractivity contribution in [3.63, 3.8) is 0 Å². The number of fused-ring (bicyclic) bond motifs is 3. The summed E-state index contributed by atoms with van der Waals surface area (Å²) in [5.41, 5.74) is 4.59. The van der Waals surface area contributed by atoms with Crippen LogP contribution in [-0.4, -0.2) is 25.0 Å². The van der Waals surface area contributed by atoms with Gasteiger partial charge in [-0.3, -0.25) is 4.79 Å². The minimum atomic E-state index is -0.417. The second-order valence-electron chi connectivity index (χ2n) is 9.84. The molecule has 2 aromatic rings. The first-order valence-electron chi connectivity index (χ1n) is 10.1. The topological polar surface area (TPSA) is 44.4 Å². The van der Waals surface area contributed by atoms with Crippen LogP contribution in [0.4, 0.5) is 5.69 Å². The summed E-state index contributed by atoms with van der Waals surface area (Å²) in [6, 6.07) is 13.0. The second-order valence-corrected chi connectivity index (χ2v) is 9.84. The number of carbonyl (C=O) groups excluding carboxylic acids is 1. The van der Waals surface area contributed by atoms with Gasteiger partial charge in [-0.25, -0.2) is 0 Å². The number of carbonyl (C=O) groups is 1. The quantitative estimate of drug-likeness (QED) is 0.255. The number of aliphatic hydroxyl groups is 1. The molecule has 0 unspecified atom stereocenters. The molecule has 0 aliphatic carbocycles. The summed E-state index contributed by atoms with van der Waals surface area (Å²) < 4.78 is 2.30. The van der Waals surface area contributed by atoms with Crippen molar-refractivity contribution in [2.75, 3.05) is 19.0 Å². The fraction of sp³-hybridized carbons (Fsp3) is 0.440. The molecule has 0 radical (unpaired) electrons. The molecule has 0 fully saturated rings. The van der Waals surface area contributed by atoms with E-state index in [0.29, 0.717) is 0 Å². The number of allylic oxidation sites excluding steroid dienone is 2. The Kier molecular flexibility index (Phi) is 8.63. The monoisotopic (exact) mass is 590 g/mol. The van der Waals surface area contributed by atoms with Gasteiger partial charge in [-0.2, -0.15) is 4.57 Å². The normalized spacial score (nSPS) is 12.7. The third-order valence-electron chi connectivity index (χ3n) is 4.95. The molecule has 1 aromatic carbocycles. The Morgan fingerprint density at radius 1 is 1.03 bits per heavy atom. The fourth-order valence-electron chi connectivity index (χ4n) is 2.82. The molecule has 1 N–H and O–H groups in total. The Labute approximate surface area is 195 Å². The van der Waals surface area contributed by atoms with E-state index in [1.54, 1.807) is 0 Å². The third kappa shape index (κ3) is 6.53. The van der Waals surface area contributed by atoms with E-state index in [9.17, 15) is 9.90 Å². The molecule has 5 heteroatoms. The molecular weight excluding hydrogens is 555 g/mol. The summed E-state index contributed by atoms with van der Waals surface area (Å²) in [6.45, 7) is 12.1.